The first-order valence-corrected chi connectivity index (χ1v) is 8.78. The number of aliphatic hydroxyl groups excluding tert-OH is 1. The molecular weight excluding hydrogens is 292 g/mol. The van der Waals surface area contributed by atoms with Gasteiger partial charge in [-0.2, -0.15) is 5.10 Å². The number of carbonyl (C=O) groups excluding carboxylic acids is 1. The lowest BCUT2D eigenvalue weighted by Gasteiger charge is -2.33. The zero-order valence-electron chi connectivity index (χ0n) is 14.1. The van der Waals surface area contributed by atoms with Gasteiger partial charge in [-0.15, -0.1) is 0 Å². The zero-order chi connectivity index (χ0) is 16.4. The Labute approximate surface area is 137 Å². The fourth-order valence-electron chi connectivity index (χ4n) is 3.53. The Morgan fingerprint density at radius 1 is 1.39 bits per heavy atom. The summed E-state index contributed by atoms with van der Waals surface area (Å²) < 4.78 is 1.93. The largest absolute Gasteiger partial charge is 0.393 e. The van der Waals surface area contributed by atoms with Gasteiger partial charge in [0.1, 0.15) is 5.82 Å². The summed E-state index contributed by atoms with van der Waals surface area (Å²) in [5, 5.41) is 17.1. The molecule has 2 aliphatic rings. The summed E-state index contributed by atoms with van der Waals surface area (Å²) in [6.45, 7) is 6.10. The molecule has 3 atom stereocenters. The van der Waals surface area contributed by atoms with E-state index in [0.29, 0.717) is 18.5 Å². The number of hydrogen-bond donors (Lipinski definition) is 2. The minimum absolute atomic E-state index is 0.000916. The van der Waals surface area contributed by atoms with Crippen LogP contribution in [-0.2, 0) is 4.79 Å². The summed E-state index contributed by atoms with van der Waals surface area (Å²) in [7, 11) is 0. The van der Waals surface area contributed by atoms with Gasteiger partial charge in [-0.05, 0) is 57.9 Å². The van der Waals surface area contributed by atoms with Gasteiger partial charge in [-0.1, -0.05) is 0 Å². The Morgan fingerprint density at radius 3 is 2.87 bits per heavy atom. The van der Waals surface area contributed by atoms with Crippen LogP contribution >= 0.6 is 0 Å². The molecule has 2 heterocycles. The topological polar surface area (TPSA) is 70.4 Å². The second-order valence-electron chi connectivity index (χ2n) is 7.17. The molecule has 1 saturated heterocycles. The SMILES string of the molecule is CC(O)C1CCCN(CC(=O)Nc2ccnn2C(C)C2CC2)C1. The van der Waals surface area contributed by atoms with Gasteiger partial charge in [0.25, 0.3) is 0 Å². The Bertz CT molecular complexity index is 538. The van der Waals surface area contributed by atoms with Crippen molar-refractivity contribution in [3.8, 4) is 0 Å². The first kappa shape index (κ1) is 16.5. The molecule has 1 amide bonds. The molecule has 3 unspecified atom stereocenters. The maximum absolute atomic E-state index is 12.4. The fourth-order valence-corrected chi connectivity index (χ4v) is 3.53. The van der Waals surface area contributed by atoms with Crippen LogP contribution in [0.15, 0.2) is 12.3 Å². The Hall–Kier alpha value is -1.40. The van der Waals surface area contributed by atoms with Gasteiger partial charge in [0.15, 0.2) is 0 Å². The molecule has 1 saturated carbocycles. The second-order valence-corrected chi connectivity index (χ2v) is 7.17. The molecule has 0 spiro atoms. The first-order valence-electron chi connectivity index (χ1n) is 8.78. The van der Waals surface area contributed by atoms with Gasteiger partial charge in [-0.25, -0.2) is 4.68 Å². The van der Waals surface area contributed by atoms with E-state index in [2.05, 4.69) is 22.2 Å². The van der Waals surface area contributed by atoms with Gasteiger partial charge >= 0.3 is 0 Å². The zero-order valence-corrected chi connectivity index (χ0v) is 14.1. The van der Waals surface area contributed by atoms with Crippen LogP contribution < -0.4 is 5.32 Å². The number of hydrogen-bond acceptors (Lipinski definition) is 4. The number of piperidine rings is 1. The molecule has 0 radical (unpaired) electrons. The Morgan fingerprint density at radius 2 is 2.17 bits per heavy atom. The van der Waals surface area contributed by atoms with E-state index >= 15 is 0 Å². The Kier molecular flexibility index (Phi) is 5.02. The molecule has 1 aromatic heterocycles. The van der Waals surface area contributed by atoms with Crippen LogP contribution in [0.2, 0.25) is 0 Å². The lowest BCUT2D eigenvalue weighted by atomic mass is 9.93. The number of anilines is 1. The monoisotopic (exact) mass is 320 g/mol. The average Bonchev–Trinajstić information content (AvgIpc) is 3.27. The second kappa shape index (κ2) is 7.01. The van der Waals surface area contributed by atoms with E-state index in [1.807, 2.05) is 17.7 Å². The van der Waals surface area contributed by atoms with Crippen molar-refractivity contribution in [2.24, 2.45) is 11.8 Å². The van der Waals surface area contributed by atoms with Gasteiger partial charge in [-0.3, -0.25) is 9.69 Å². The molecule has 6 heteroatoms. The predicted molar refractivity (Wildman–Crippen MR) is 89.1 cm³/mol. The lowest BCUT2D eigenvalue weighted by molar-refractivity contribution is -0.118. The molecule has 1 aliphatic heterocycles. The Balaban J connectivity index is 1.54. The van der Waals surface area contributed by atoms with Crippen molar-refractivity contribution in [3.63, 3.8) is 0 Å². The normalized spacial score (nSPS) is 25.1. The third kappa shape index (κ3) is 4.12. The van der Waals surface area contributed by atoms with Crippen molar-refractivity contribution in [1.29, 1.82) is 0 Å². The highest BCUT2D eigenvalue weighted by Crippen LogP contribution is 2.40. The molecule has 1 aromatic rings. The van der Waals surface area contributed by atoms with Crippen LogP contribution in [0, 0.1) is 11.8 Å². The summed E-state index contributed by atoms with van der Waals surface area (Å²) in [4.78, 5) is 14.5. The molecule has 1 aliphatic carbocycles. The number of amides is 1. The van der Waals surface area contributed by atoms with Crippen LogP contribution in [0.5, 0.6) is 0 Å². The number of nitrogens with one attached hydrogen (secondary N) is 1. The third-order valence-electron chi connectivity index (χ3n) is 5.22. The van der Waals surface area contributed by atoms with Gasteiger partial charge in [0.05, 0.1) is 24.9 Å². The highest BCUT2D eigenvalue weighted by Gasteiger charge is 2.31. The van der Waals surface area contributed by atoms with Crippen molar-refractivity contribution >= 4 is 11.7 Å². The quantitative estimate of drug-likeness (QED) is 0.840. The maximum Gasteiger partial charge on any atom is 0.239 e. The van der Waals surface area contributed by atoms with Crippen LogP contribution in [-0.4, -0.2) is 51.4 Å². The van der Waals surface area contributed by atoms with Crippen molar-refractivity contribution in [2.75, 3.05) is 25.0 Å². The first-order chi connectivity index (χ1) is 11.0. The molecule has 2 fully saturated rings. The summed E-state index contributed by atoms with van der Waals surface area (Å²) in [6, 6.07) is 2.21. The van der Waals surface area contributed by atoms with E-state index in [1.54, 1.807) is 6.20 Å². The van der Waals surface area contributed by atoms with Crippen molar-refractivity contribution in [2.45, 2.75) is 51.7 Å². The van der Waals surface area contributed by atoms with E-state index in [9.17, 15) is 9.90 Å². The summed E-state index contributed by atoms with van der Waals surface area (Å²) in [5.41, 5.74) is 0. The minimum Gasteiger partial charge on any atom is -0.393 e. The molecule has 128 valence electrons. The predicted octanol–water partition coefficient (Wildman–Crippen LogP) is 1.89. The highest BCUT2D eigenvalue weighted by atomic mass is 16.3. The van der Waals surface area contributed by atoms with Gasteiger partial charge < -0.3 is 10.4 Å². The van der Waals surface area contributed by atoms with Crippen molar-refractivity contribution in [3.05, 3.63) is 12.3 Å². The molecule has 2 N–H and O–H groups in total. The lowest BCUT2D eigenvalue weighted by Crippen LogP contribution is -2.43. The van der Waals surface area contributed by atoms with Crippen LogP contribution in [0.1, 0.15) is 45.6 Å². The number of carbonyl (C=O) groups is 1. The molecule has 0 aromatic carbocycles. The molecule has 23 heavy (non-hydrogen) atoms. The fraction of sp³-hybridized carbons (Fsp3) is 0.765. The van der Waals surface area contributed by atoms with E-state index in [4.69, 9.17) is 0 Å². The summed E-state index contributed by atoms with van der Waals surface area (Å²) in [5.74, 6) is 1.76. The van der Waals surface area contributed by atoms with E-state index in [1.165, 1.54) is 12.8 Å². The molecule has 0 bridgehead atoms. The smallest absolute Gasteiger partial charge is 0.239 e. The number of rotatable bonds is 6. The van der Waals surface area contributed by atoms with Gasteiger partial charge in [0.2, 0.25) is 5.91 Å². The number of aliphatic hydroxyl groups is 1. The van der Waals surface area contributed by atoms with Crippen LogP contribution in [0.25, 0.3) is 0 Å². The summed E-state index contributed by atoms with van der Waals surface area (Å²) >= 11 is 0. The van der Waals surface area contributed by atoms with Crippen molar-refractivity contribution in [1.82, 2.24) is 14.7 Å². The van der Waals surface area contributed by atoms with Gasteiger partial charge in [0, 0.05) is 12.6 Å². The van der Waals surface area contributed by atoms with Crippen LogP contribution in [0.3, 0.4) is 0 Å². The van der Waals surface area contributed by atoms with Crippen LogP contribution in [0.4, 0.5) is 5.82 Å². The molecular formula is C17H28N4O2. The highest BCUT2D eigenvalue weighted by molar-refractivity contribution is 5.91. The summed E-state index contributed by atoms with van der Waals surface area (Å²) in [6.07, 6.45) is 6.03. The number of aromatic nitrogens is 2. The number of nitrogens with zero attached hydrogens (tertiary/aromatic N) is 3. The van der Waals surface area contributed by atoms with E-state index in [0.717, 1.165) is 31.7 Å². The van der Waals surface area contributed by atoms with E-state index < -0.39 is 0 Å². The molecule has 6 nitrogen and oxygen atoms in total. The maximum atomic E-state index is 12.4. The average molecular weight is 320 g/mol. The third-order valence-corrected chi connectivity index (χ3v) is 5.22. The minimum atomic E-state index is -0.304. The molecule has 3 rings (SSSR count). The standard InChI is InChI=1S/C17H28N4O2/c1-12(14-5-6-14)21-16(7-8-18-21)19-17(23)11-20-9-3-4-15(10-20)13(2)22/h7-8,12-15,22H,3-6,9-11H2,1-2H3,(H,19,23). The number of likely N-dealkylation sites (tertiary alicyclic amines) is 1. The van der Waals surface area contributed by atoms with Crippen molar-refractivity contribution < 1.29 is 9.90 Å². The van der Waals surface area contributed by atoms with E-state index in [-0.39, 0.29) is 17.9 Å².